The van der Waals surface area contributed by atoms with Gasteiger partial charge in [0.15, 0.2) is 0 Å². The van der Waals surface area contributed by atoms with Crippen LogP contribution in [0.15, 0.2) is 18.2 Å². The summed E-state index contributed by atoms with van der Waals surface area (Å²) < 4.78 is 0. The molecule has 1 aliphatic rings. The lowest BCUT2D eigenvalue weighted by Crippen LogP contribution is -2.26. The van der Waals surface area contributed by atoms with Gasteiger partial charge in [-0.1, -0.05) is 6.07 Å². The molecule has 0 radical (unpaired) electrons. The largest absolute Gasteiger partial charge is 0.399 e. The third-order valence-corrected chi connectivity index (χ3v) is 3.18. The summed E-state index contributed by atoms with van der Waals surface area (Å²) in [6.07, 6.45) is 3.72. The molecule has 2 N–H and O–H groups in total. The van der Waals surface area contributed by atoms with Crippen LogP contribution in [0.1, 0.15) is 17.5 Å². The Morgan fingerprint density at radius 2 is 2.13 bits per heavy atom. The first-order valence-corrected chi connectivity index (χ1v) is 5.67. The lowest BCUT2D eigenvalue weighted by atomic mass is 9.83. The van der Waals surface area contributed by atoms with Crippen LogP contribution >= 0.6 is 0 Å². The van der Waals surface area contributed by atoms with E-state index in [0.29, 0.717) is 0 Å². The van der Waals surface area contributed by atoms with Crippen molar-refractivity contribution in [2.75, 3.05) is 26.4 Å². The highest BCUT2D eigenvalue weighted by Crippen LogP contribution is 2.27. The predicted molar refractivity (Wildman–Crippen MR) is 64.9 cm³/mol. The molecule has 0 aromatic heterocycles. The van der Waals surface area contributed by atoms with Crippen LogP contribution in [0, 0.1) is 5.92 Å². The maximum Gasteiger partial charge on any atom is 0.0316 e. The molecule has 1 aromatic rings. The van der Waals surface area contributed by atoms with E-state index in [1.165, 1.54) is 36.9 Å². The Kier molecular flexibility index (Phi) is 2.96. The molecule has 0 fully saturated rings. The lowest BCUT2D eigenvalue weighted by Gasteiger charge is -2.27. The fourth-order valence-corrected chi connectivity index (χ4v) is 2.52. The van der Waals surface area contributed by atoms with E-state index in [1.807, 2.05) is 6.07 Å². The first-order chi connectivity index (χ1) is 7.15. The summed E-state index contributed by atoms with van der Waals surface area (Å²) in [5.74, 6) is 0.800. The maximum absolute atomic E-state index is 5.82. The third kappa shape index (κ3) is 2.51. The van der Waals surface area contributed by atoms with Gasteiger partial charge in [0.2, 0.25) is 0 Å². The number of anilines is 1. The van der Waals surface area contributed by atoms with Gasteiger partial charge in [0, 0.05) is 12.2 Å². The standard InChI is InChI=1S/C13H20N2/c1-15(2)9-10-3-4-11-5-6-13(14)8-12(11)7-10/h5-6,8,10H,3-4,7,9,14H2,1-2H3/t10-/m0/s1. The number of benzene rings is 1. The van der Waals surface area contributed by atoms with Gasteiger partial charge < -0.3 is 10.6 Å². The van der Waals surface area contributed by atoms with E-state index in [2.05, 4.69) is 31.1 Å². The maximum atomic E-state index is 5.82. The van der Waals surface area contributed by atoms with Crippen LogP contribution in [-0.2, 0) is 12.8 Å². The molecule has 1 atom stereocenters. The highest BCUT2D eigenvalue weighted by Gasteiger charge is 2.18. The number of rotatable bonds is 2. The zero-order valence-electron chi connectivity index (χ0n) is 9.66. The van der Waals surface area contributed by atoms with Crippen molar-refractivity contribution < 1.29 is 0 Å². The number of hydrogen-bond donors (Lipinski definition) is 1. The van der Waals surface area contributed by atoms with Gasteiger partial charge in [-0.25, -0.2) is 0 Å². The first kappa shape index (κ1) is 10.5. The number of aryl methyl sites for hydroxylation is 1. The van der Waals surface area contributed by atoms with Crippen molar-refractivity contribution in [2.45, 2.75) is 19.3 Å². The number of nitrogens with two attached hydrogens (primary N) is 1. The van der Waals surface area contributed by atoms with Crippen molar-refractivity contribution in [3.8, 4) is 0 Å². The van der Waals surface area contributed by atoms with E-state index in [9.17, 15) is 0 Å². The van der Waals surface area contributed by atoms with E-state index in [4.69, 9.17) is 5.73 Å². The minimum atomic E-state index is 0.800. The summed E-state index contributed by atoms with van der Waals surface area (Å²) in [6, 6.07) is 6.36. The molecule has 0 heterocycles. The molecule has 1 aliphatic carbocycles. The molecule has 0 saturated carbocycles. The van der Waals surface area contributed by atoms with Crippen molar-refractivity contribution in [1.29, 1.82) is 0 Å². The molecular weight excluding hydrogens is 184 g/mol. The highest BCUT2D eigenvalue weighted by molar-refractivity contribution is 5.45. The molecule has 0 saturated heterocycles. The van der Waals surface area contributed by atoms with Crippen LogP contribution in [0.2, 0.25) is 0 Å². The van der Waals surface area contributed by atoms with Crippen molar-refractivity contribution >= 4 is 5.69 Å². The van der Waals surface area contributed by atoms with Crippen LogP contribution in [0.5, 0.6) is 0 Å². The lowest BCUT2D eigenvalue weighted by molar-refractivity contribution is 0.303. The van der Waals surface area contributed by atoms with E-state index in [1.54, 1.807) is 0 Å². The van der Waals surface area contributed by atoms with Crippen LogP contribution in [0.25, 0.3) is 0 Å². The van der Waals surface area contributed by atoms with Gasteiger partial charge in [-0.15, -0.1) is 0 Å². The smallest absolute Gasteiger partial charge is 0.0316 e. The van der Waals surface area contributed by atoms with Gasteiger partial charge in [-0.3, -0.25) is 0 Å². The Balaban J connectivity index is 2.11. The Bertz CT molecular complexity index is 344. The van der Waals surface area contributed by atoms with Crippen molar-refractivity contribution in [3.05, 3.63) is 29.3 Å². The average molecular weight is 204 g/mol. The number of hydrogen-bond acceptors (Lipinski definition) is 2. The van der Waals surface area contributed by atoms with E-state index in [0.717, 1.165) is 11.6 Å². The third-order valence-electron chi connectivity index (χ3n) is 3.18. The van der Waals surface area contributed by atoms with Crippen molar-refractivity contribution in [1.82, 2.24) is 4.90 Å². The quantitative estimate of drug-likeness (QED) is 0.746. The summed E-state index contributed by atoms with van der Waals surface area (Å²) in [6.45, 7) is 1.19. The van der Waals surface area contributed by atoms with Crippen molar-refractivity contribution in [3.63, 3.8) is 0 Å². The summed E-state index contributed by atoms with van der Waals surface area (Å²) in [4.78, 5) is 2.28. The second kappa shape index (κ2) is 4.23. The van der Waals surface area contributed by atoms with Crippen LogP contribution < -0.4 is 5.73 Å². The van der Waals surface area contributed by atoms with Crippen molar-refractivity contribution in [2.24, 2.45) is 5.92 Å². The summed E-state index contributed by atoms with van der Waals surface area (Å²) in [5, 5.41) is 0. The molecule has 0 spiro atoms. The molecule has 0 amide bonds. The number of nitrogens with zero attached hydrogens (tertiary/aromatic N) is 1. The zero-order valence-corrected chi connectivity index (χ0v) is 9.66. The number of fused-ring (bicyclic) bond motifs is 1. The molecule has 1 aromatic carbocycles. The van der Waals surface area contributed by atoms with E-state index in [-0.39, 0.29) is 0 Å². The summed E-state index contributed by atoms with van der Waals surface area (Å²) in [7, 11) is 4.30. The van der Waals surface area contributed by atoms with Crippen LogP contribution in [0.4, 0.5) is 5.69 Å². The fourth-order valence-electron chi connectivity index (χ4n) is 2.52. The Hall–Kier alpha value is -1.02. The first-order valence-electron chi connectivity index (χ1n) is 5.67. The van der Waals surface area contributed by atoms with Crippen LogP contribution in [0.3, 0.4) is 0 Å². The zero-order chi connectivity index (χ0) is 10.8. The Morgan fingerprint density at radius 3 is 2.87 bits per heavy atom. The topological polar surface area (TPSA) is 29.3 Å². The minimum Gasteiger partial charge on any atom is -0.399 e. The SMILES string of the molecule is CN(C)C[C@H]1CCc2ccc(N)cc2C1. The molecule has 2 nitrogen and oxygen atoms in total. The van der Waals surface area contributed by atoms with E-state index < -0.39 is 0 Å². The molecule has 15 heavy (non-hydrogen) atoms. The molecule has 0 unspecified atom stereocenters. The molecular formula is C13H20N2. The van der Waals surface area contributed by atoms with Crippen LogP contribution in [-0.4, -0.2) is 25.5 Å². The molecule has 2 rings (SSSR count). The summed E-state index contributed by atoms with van der Waals surface area (Å²) >= 11 is 0. The fraction of sp³-hybridized carbons (Fsp3) is 0.538. The predicted octanol–water partition coefficient (Wildman–Crippen LogP) is 1.94. The van der Waals surface area contributed by atoms with Gasteiger partial charge in [0.05, 0.1) is 0 Å². The average Bonchev–Trinajstić information content (AvgIpc) is 2.16. The normalized spacial score (nSPS) is 20.3. The summed E-state index contributed by atoms with van der Waals surface area (Å²) in [5.41, 5.74) is 9.69. The second-order valence-electron chi connectivity index (χ2n) is 4.90. The molecule has 0 aliphatic heterocycles. The Labute approximate surface area is 92.1 Å². The highest BCUT2D eigenvalue weighted by atomic mass is 15.1. The molecule has 82 valence electrons. The Morgan fingerprint density at radius 1 is 1.33 bits per heavy atom. The van der Waals surface area contributed by atoms with Gasteiger partial charge >= 0.3 is 0 Å². The monoisotopic (exact) mass is 204 g/mol. The second-order valence-corrected chi connectivity index (χ2v) is 4.90. The minimum absolute atomic E-state index is 0.800. The number of nitrogen functional groups attached to an aromatic ring is 1. The molecule has 0 bridgehead atoms. The van der Waals surface area contributed by atoms with E-state index >= 15 is 0 Å². The van der Waals surface area contributed by atoms with Gasteiger partial charge in [-0.05, 0) is 62.5 Å². The van der Waals surface area contributed by atoms with Gasteiger partial charge in [0.25, 0.3) is 0 Å². The van der Waals surface area contributed by atoms with Gasteiger partial charge in [0.1, 0.15) is 0 Å². The molecule has 2 heteroatoms. The van der Waals surface area contributed by atoms with Gasteiger partial charge in [-0.2, -0.15) is 0 Å².